The summed E-state index contributed by atoms with van der Waals surface area (Å²) in [5, 5.41) is 8.51. The molecule has 1 atom stereocenters. The molecule has 1 unspecified atom stereocenters. The maximum Gasteiger partial charge on any atom is 0.235 e. The Labute approximate surface area is 106 Å². The van der Waals surface area contributed by atoms with Crippen LogP contribution in [0.4, 0.5) is 0 Å². The van der Waals surface area contributed by atoms with E-state index < -0.39 is 0 Å². The molecule has 0 aromatic carbocycles. The molecule has 1 aromatic heterocycles. The molecule has 1 saturated heterocycles. The molecule has 6 heteroatoms. The van der Waals surface area contributed by atoms with Crippen molar-refractivity contribution in [3.05, 3.63) is 6.33 Å². The zero-order chi connectivity index (χ0) is 12.3. The van der Waals surface area contributed by atoms with Crippen LogP contribution < -0.4 is 0 Å². The van der Waals surface area contributed by atoms with Crippen LogP contribution in [0.15, 0.2) is 11.5 Å². The summed E-state index contributed by atoms with van der Waals surface area (Å²) in [5.74, 6) is 0.220. The number of amides is 1. The van der Waals surface area contributed by atoms with Gasteiger partial charge in [-0.2, -0.15) is 0 Å². The van der Waals surface area contributed by atoms with E-state index in [-0.39, 0.29) is 11.2 Å². The number of nitrogens with zero attached hydrogens (tertiary/aromatic N) is 4. The van der Waals surface area contributed by atoms with Gasteiger partial charge in [0.15, 0.2) is 5.16 Å². The predicted octanol–water partition coefficient (Wildman–Crippen LogP) is 1.31. The smallest absolute Gasteiger partial charge is 0.235 e. The maximum atomic E-state index is 12.2. The number of thioether (sulfide) groups is 1. The van der Waals surface area contributed by atoms with Crippen LogP contribution in [0, 0.1) is 0 Å². The van der Waals surface area contributed by atoms with Crippen molar-refractivity contribution in [3.8, 4) is 0 Å². The van der Waals surface area contributed by atoms with Crippen molar-refractivity contribution in [2.24, 2.45) is 7.05 Å². The minimum absolute atomic E-state index is 0.0870. The molecule has 2 heterocycles. The van der Waals surface area contributed by atoms with E-state index in [1.54, 1.807) is 6.33 Å². The molecule has 0 aliphatic carbocycles. The van der Waals surface area contributed by atoms with Gasteiger partial charge in [0, 0.05) is 20.1 Å². The van der Waals surface area contributed by atoms with Crippen LogP contribution in [0.2, 0.25) is 0 Å². The lowest BCUT2D eigenvalue weighted by molar-refractivity contribution is -0.131. The molecule has 1 aromatic rings. The van der Waals surface area contributed by atoms with Gasteiger partial charge < -0.3 is 9.47 Å². The maximum absolute atomic E-state index is 12.2. The first kappa shape index (κ1) is 12.4. The number of aromatic nitrogens is 3. The average molecular weight is 254 g/mol. The number of carbonyl (C=O) groups excluding carboxylic acids is 1. The van der Waals surface area contributed by atoms with Gasteiger partial charge in [0.25, 0.3) is 0 Å². The van der Waals surface area contributed by atoms with E-state index in [4.69, 9.17) is 0 Å². The second-order valence-corrected chi connectivity index (χ2v) is 5.68. The van der Waals surface area contributed by atoms with E-state index in [1.165, 1.54) is 18.2 Å². The summed E-state index contributed by atoms with van der Waals surface area (Å²) in [4.78, 5) is 14.2. The summed E-state index contributed by atoms with van der Waals surface area (Å²) in [5.41, 5.74) is 0. The van der Waals surface area contributed by atoms with Crippen molar-refractivity contribution < 1.29 is 4.79 Å². The summed E-state index contributed by atoms with van der Waals surface area (Å²) in [6.07, 6.45) is 5.16. The molecule has 1 aliphatic rings. The first-order valence-electron chi connectivity index (χ1n) is 5.98. The number of hydrogen-bond donors (Lipinski definition) is 0. The topological polar surface area (TPSA) is 51.0 Å². The highest BCUT2D eigenvalue weighted by molar-refractivity contribution is 8.00. The molecular weight excluding hydrogens is 236 g/mol. The molecule has 5 nitrogen and oxygen atoms in total. The third-order valence-electron chi connectivity index (χ3n) is 2.97. The van der Waals surface area contributed by atoms with E-state index >= 15 is 0 Å². The van der Waals surface area contributed by atoms with Crippen LogP contribution >= 0.6 is 11.8 Å². The van der Waals surface area contributed by atoms with Crippen LogP contribution in [0.25, 0.3) is 0 Å². The lowest BCUT2D eigenvalue weighted by atomic mass is 10.1. The van der Waals surface area contributed by atoms with Gasteiger partial charge >= 0.3 is 0 Å². The third-order valence-corrected chi connectivity index (χ3v) is 4.10. The summed E-state index contributed by atoms with van der Waals surface area (Å²) >= 11 is 1.48. The Bertz CT molecular complexity index is 387. The first-order valence-corrected chi connectivity index (χ1v) is 6.86. The molecule has 1 aliphatic heterocycles. The molecular formula is C11H18N4OS. The van der Waals surface area contributed by atoms with Gasteiger partial charge in [-0.15, -0.1) is 10.2 Å². The van der Waals surface area contributed by atoms with Gasteiger partial charge in [0.1, 0.15) is 6.33 Å². The molecule has 94 valence electrons. The number of aryl methyl sites for hydroxylation is 1. The van der Waals surface area contributed by atoms with Gasteiger partial charge in [-0.05, 0) is 26.2 Å². The third kappa shape index (κ3) is 3.00. The second-order valence-electron chi connectivity index (χ2n) is 4.37. The predicted molar refractivity (Wildman–Crippen MR) is 66.8 cm³/mol. The normalized spacial score (nSPS) is 18.1. The largest absolute Gasteiger partial charge is 0.342 e. The molecule has 1 amide bonds. The fourth-order valence-corrected chi connectivity index (χ4v) is 2.83. The molecule has 17 heavy (non-hydrogen) atoms. The van der Waals surface area contributed by atoms with E-state index in [2.05, 4.69) is 10.2 Å². The Hall–Kier alpha value is -1.04. The average Bonchev–Trinajstić information content (AvgIpc) is 2.75. The quantitative estimate of drug-likeness (QED) is 0.763. The zero-order valence-electron chi connectivity index (χ0n) is 10.3. The van der Waals surface area contributed by atoms with Crippen LogP contribution in [0.3, 0.4) is 0 Å². The molecule has 0 N–H and O–H groups in total. The van der Waals surface area contributed by atoms with Gasteiger partial charge in [-0.1, -0.05) is 11.8 Å². The summed E-state index contributed by atoms with van der Waals surface area (Å²) in [7, 11) is 1.89. The molecule has 0 bridgehead atoms. The summed E-state index contributed by atoms with van der Waals surface area (Å²) in [6, 6.07) is 0. The van der Waals surface area contributed by atoms with Crippen molar-refractivity contribution in [2.45, 2.75) is 36.6 Å². The van der Waals surface area contributed by atoms with Crippen molar-refractivity contribution in [1.82, 2.24) is 19.7 Å². The summed E-state index contributed by atoms with van der Waals surface area (Å²) in [6.45, 7) is 3.75. The molecule has 2 rings (SSSR count). The molecule has 0 saturated carbocycles. The highest BCUT2D eigenvalue weighted by Gasteiger charge is 2.23. The number of carbonyl (C=O) groups is 1. The highest BCUT2D eigenvalue weighted by atomic mass is 32.2. The molecule has 1 fully saturated rings. The van der Waals surface area contributed by atoms with Crippen molar-refractivity contribution >= 4 is 17.7 Å². The minimum atomic E-state index is -0.0870. The SMILES string of the molecule is CC(Sc1nncn1C)C(=O)N1CCCCC1. The fraction of sp³-hybridized carbons (Fsp3) is 0.727. The minimum Gasteiger partial charge on any atom is -0.342 e. The van der Waals surface area contributed by atoms with Gasteiger partial charge in [-0.3, -0.25) is 4.79 Å². The molecule has 0 spiro atoms. The second kappa shape index (κ2) is 5.53. The number of hydrogen-bond acceptors (Lipinski definition) is 4. The van der Waals surface area contributed by atoms with Crippen molar-refractivity contribution in [3.63, 3.8) is 0 Å². The van der Waals surface area contributed by atoms with E-state index in [1.807, 2.05) is 23.4 Å². The fourth-order valence-electron chi connectivity index (χ4n) is 1.96. The van der Waals surface area contributed by atoms with Crippen LogP contribution in [0.5, 0.6) is 0 Å². The number of likely N-dealkylation sites (tertiary alicyclic amines) is 1. The van der Waals surface area contributed by atoms with Gasteiger partial charge in [0.05, 0.1) is 5.25 Å². The van der Waals surface area contributed by atoms with Crippen LogP contribution in [-0.2, 0) is 11.8 Å². The first-order chi connectivity index (χ1) is 8.18. The Morgan fingerprint density at radius 1 is 1.41 bits per heavy atom. The number of piperidine rings is 1. The van der Waals surface area contributed by atoms with Gasteiger partial charge in [-0.25, -0.2) is 0 Å². The molecule has 0 radical (unpaired) electrons. The van der Waals surface area contributed by atoms with E-state index in [0.717, 1.165) is 31.1 Å². The highest BCUT2D eigenvalue weighted by Crippen LogP contribution is 2.22. The summed E-state index contributed by atoms with van der Waals surface area (Å²) < 4.78 is 1.84. The zero-order valence-corrected chi connectivity index (χ0v) is 11.1. The van der Waals surface area contributed by atoms with Crippen LogP contribution in [-0.4, -0.2) is 43.9 Å². The Morgan fingerprint density at radius 2 is 2.12 bits per heavy atom. The standard InChI is InChI=1S/C11H18N4OS/c1-9(17-11-13-12-8-14(11)2)10(16)15-6-4-3-5-7-15/h8-9H,3-7H2,1-2H3. The number of rotatable bonds is 3. The van der Waals surface area contributed by atoms with E-state index in [9.17, 15) is 4.79 Å². The monoisotopic (exact) mass is 254 g/mol. The van der Waals surface area contributed by atoms with E-state index in [0.29, 0.717) is 0 Å². The Balaban J connectivity index is 1.93. The lowest BCUT2D eigenvalue weighted by Crippen LogP contribution is -2.40. The van der Waals surface area contributed by atoms with Crippen LogP contribution in [0.1, 0.15) is 26.2 Å². The lowest BCUT2D eigenvalue weighted by Gasteiger charge is -2.28. The Morgan fingerprint density at radius 3 is 2.71 bits per heavy atom. The Kier molecular flexibility index (Phi) is 4.04. The van der Waals surface area contributed by atoms with Crippen molar-refractivity contribution in [2.75, 3.05) is 13.1 Å². The van der Waals surface area contributed by atoms with Gasteiger partial charge in [0.2, 0.25) is 5.91 Å². The van der Waals surface area contributed by atoms with Crippen molar-refractivity contribution in [1.29, 1.82) is 0 Å².